The highest BCUT2D eigenvalue weighted by Crippen LogP contribution is 2.32. The van der Waals surface area contributed by atoms with E-state index >= 15 is 0 Å². The summed E-state index contributed by atoms with van der Waals surface area (Å²) in [6, 6.07) is 21.8. The number of rotatable bonds is 5. The molecular weight excluding hydrogens is 393 g/mol. The molecule has 0 atom stereocenters. The second-order valence-corrected chi connectivity index (χ2v) is 7.13. The summed E-state index contributed by atoms with van der Waals surface area (Å²) in [5.41, 5.74) is 4.29. The summed E-state index contributed by atoms with van der Waals surface area (Å²) >= 11 is 0. The first-order valence-electron chi connectivity index (χ1n) is 9.75. The number of aliphatic imine (C=N–C) groups is 1. The molecule has 2 N–H and O–H groups in total. The summed E-state index contributed by atoms with van der Waals surface area (Å²) in [5.74, 6) is -0.424. The van der Waals surface area contributed by atoms with Crippen molar-refractivity contribution in [1.29, 1.82) is 0 Å². The van der Waals surface area contributed by atoms with E-state index in [1.54, 1.807) is 16.9 Å². The van der Waals surface area contributed by atoms with E-state index < -0.39 is 0 Å². The van der Waals surface area contributed by atoms with E-state index in [-0.39, 0.29) is 11.7 Å². The number of aromatic amines is 1. The summed E-state index contributed by atoms with van der Waals surface area (Å²) in [6.45, 7) is 0.615. The first kappa shape index (κ1) is 18.7. The second kappa shape index (κ2) is 7.87. The van der Waals surface area contributed by atoms with Crippen molar-refractivity contribution in [3.63, 3.8) is 0 Å². The predicted molar refractivity (Wildman–Crippen MR) is 117 cm³/mol. The highest BCUT2D eigenvalue weighted by atomic mass is 19.1. The Morgan fingerprint density at radius 3 is 2.58 bits per heavy atom. The van der Waals surface area contributed by atoms with Crippen molar-refractivity contribution in [2.45, 2.75) is 6.54 Å². The van der Waals surface area contributed by atoms with Gasteiger partial charge < -0.3 is 10.1 Å². The van der Waals surface area contributed by atoms with Crippen LogP contribution >= 0.6 is 0 Å². The van der Waals surface area contributed by atoms with Crippen molar-refractivity contribution in [3.8, 4) is 5.88 Å². The van der Waals surface area contributed by atoms with Crippen LogP contribution in [0.1, 0.15) is 16.7 Å². The van der Waals surface area contributed by atoms with Crippen LogP contribution in [0.4, 0.5) is 10.1 Å². The van der Waals surface area contributed by atoms with Gasteiger partial charge in [-0.3, -0.25) is 0 Å². The van der Waals surface area contributed by atoms with E-state index in [2.05, 4.69) is 15.3 Å². The topological polar surface area (TPSA) is 79.1 Å². The predicted octanol–water partition coefficient (Wildman–Crippen LogP) is 4.82. The SMILES string of the molecule is Oc1[nH]c2cc(F)ccc2c1C(=Nc1ccc(Cn2ccnn2)cc1)c1ccccc1. The van der Waals surface area contributed by atoms with Gasteiger partial charge in [-0.1, -0.05) is 47.7 Å². The maximum atomic E-state index is 13.7. The third-order valence-electron chi connectivity index (χ3n) is 5.02. The average Bonchev–Trinajstić information content (AvgIpc) is 3.40. The number of nitrogens with one attached hydrogen (secondary N) is 1. The van der Waals surface area contributed by atoms with Gasteiger partial charge in [-0.05, 0) is 35.9 Å². The number of aromatic hydroxyl groups is 1. The Hall–Kier alpha value is -4.26. The molecule has 0 saturated heterocycles. The Morgan fingerprint density at radius 1 is 1.03 bits per heavy atom. The zero-order chi connectivity index (χ0) is 21.2. The first-order chi connectivity index (χ1) is 15.2. The van der Waals surface area contributed by atoms with Gasteiger partial charge >= 0.3 is 0 Å². The molecule has 6 nitrogen and oxygen atoms in total. The van der Waals surface area contributed by atoms with Crippen molar-refractivity contribution in [2.24, 2.45) is 4.99 Å². The zero-order valence-electron chi connectivity index (χ0n) is 16.4. The van der Waals surface area contributed by atoms with Crippen LogP contribution in [-0.2, 0) is 6.54 Å². The van der Waals surface area contributed by atoms with Gasteiger partial charge in [0.25, 0.3) is 0 Å². The van der Waals surface area contributed by atoms with Crippen LogP contribution in [0.2, 0.25) is 0 Å². The maximum absolute atomic E-state index is 13.7. The number of benzene rings is 3. The van der Waals surface area contributed by atoms with Crippen LogP contribution in [0.25, 0.3) is 10.9 Å². The standard InChI is InChI=1S/C24H18FN5O/c25-18-8-11-20-21(14-18)28-24(31)22(20)23(17-4-2-1-3-5-17)27-19-9-6-16(7-10-19)15-30-13-12-26-29-30/h1-14,28,31H,15H2. The molecule has 0 aliphatic heterocycles. The fourth-order valence-electron chi connectivity index (χ4n) is 3.57. The summed E-state index contributed by atoms with van der Waals surface area (Å²) in [7, 11) is 0. The molecule has 7 heteroatoms. The Labute approximate surface area is 177 Å². The number of nitrogens with zero attached hydrogens (tertiary/aromatic N) is 4. The summed E-state index contributed by atoms with van der Waals surface area (Å²) in [6.07, 6.45) is 3.45. The number of H-pyrrole nitrogens is 1. The minimum absolute atomic E-state index is 0.0500. The van der Waals surface area contributed by atoms with E-state index in [0.29, 0.717) is 28.7 Å². The van der Waals surface area contributed by atoms with Gasteiger partial charge in [-0.25, -0.2) is 14.1 Å². The fourth-order valence-corrected chi connectivity index (χ4v) is 3.57. The minimum Gasteiger partial charge on any atom is -0.494 e. The molecule has 0 unspecified atom stereocenters. The number of hydrogen-bond acceptors (Lipinski definition) is 4. The monoisotopic (exact) mass is 411 g/mol. The van der Waals surface area contributed by atoms with Crippen molar-refractivity contribution < 1.29 is 9.50 Å². The molecule has 0 spiro atoms. The van der Waals surface area contributed by atoms with Gasteiger partial charge in [0.05, 0.1) is 35.2 Å². The number of halogens is 1. The lowest BCUT2D eigenvalue weighted by atomic mass is 10.0. The number of hydrogen-bond donors (Lipinski definition) is 2. The van der Waals surface area contributed by atoms with Gasteiger partial charge in [-0.15, -0.1) is 5.10 Å². The third-order valence-corrected chi connectivity index (χ3v) is 5.02. The molecule has 2 heterocycles. The Balaban J connectivity index is 1.59. The first-order valence-corrected chi connectivity index (χ1v) is 9.75. The van der Waals surface area contributed by atoms with Crippen molar-refractivity contribution >= 4 is 22.3 Å². The van der Waals surface area contributed by atoms with Crippen LogP contribution in [-0.4, -0.2) is 30.8 Å². The molecule has 0 fully saturated rings. The van der Waals surface area contributed by atoms with Crippen LogP contribution in [0, 0.1) is 5.82 Å². The number of fused-ring (bicyclic) bond motifs is 1. The van der Waals surface area contributed by atoms with Crippen LogP contribution in [0.15, 0.2) is 90.2 Å². The maximum Gasteiger partial charge on any atom is 0.199 e. The smallest absolute Gasteiger partial charge is 0.199 e. The molecule has 0 aliphatic carbocycles. The number of aromatic nitrogens is 4. The molecule has 152 valence electrons. The molecule has 0 aliphatic rings. The highest BCUT2D eigenvalue weighted by molar-refractivity contribution is 6.21. The molecule has 3 aromatic carbocycles. The van der Waals surface area contributed by atoms with Gasteiger partial charge in [-0.2, -0.15) is 0 Å². The minimum atomic E-state index is -0.374. The van der Waals surface area contributed by atoms with E-state index in [0.717, 1.165) is 16.8 Å². The zero-order valence-corrected chi connectivity index (χ0v) is 16.4. The van der Waals surface area contributed by atoms with Crippen molar-refractivity contribution in [1.82, 2.24) is 20.0 Å². The molecule has 0 saturated carbocycles. The molecule has 2 aromatic heterocycles. The van der Waals surface area contributed by atoms with Crippen LogP contribution < -0.4 is 0 Å². The lowest BCUT2D eigenvalue weighted by molar-refractivity contribution is 0.457. The van der Waals surface area contributed by atoms with Crippen LogP contribution in [0.5, 0.6) is 5.88 Å². The van der Waals surface area contributed by atoms with Crippen LogP contribution in [0.3, 0.4) is 0 Å². The average molecular weight is 411 g/mol. The van der Waals surface area contributed by atoms with E-state index in [9.17, 15) is 9.50 Å². The van der Waals surface area contributed by atoms with Crippen molar-refractivity contribution in [3.05, 3.63) is 108 Å². The molecule has 5 aromatic rings. The molecule has 0 amide bonds. The van der Waals surface area contributed by atoms with Gasteiger partial charge in [0.15, 0.2) is 5.88 Å². The Bertz CT molecular complexity index is 1360. The normalized spacial score (nSPS) is 11.8. The molecule has 0 radical (unpaired) electrons. The third kappa shape index (κ3) is 3.81. The lowest BCUT2D eigenvalue weighted by Gasteiger charge is -2.08. The quantitative estimate of drug-likeness (QED) is 0.407. The van der Waals surface area contributed by atoms with E-state index in [4.69, 9.17) is 4.99 Å². The largest absolute Gasteiger partial charge is 0.494 e. The lowest BCUT2D eigenvalue weighted by Crippen LogP contribution is -2.03. The van der Waals surface area contributed by atoms with Gasteiger partial charge in [0, 0.05) is 17.1 Å². The molecule has 31 heavy (non-hydrogen) atoms. The van der Waals surface area contributed by atoms with Crippen molar-refractivity contribution in [2.75, 3.05) is 0 Å². The van der Waals surface area contributed by atoms with E-state index in [1.807, 2.05) is 60.8 Å². The van der Waals surface area contributed by atoms with Gasteiger partial charge in [0.1, 0.15) is 5.82 Å². The van der Waals surface area contributed by atoms with Gasteiger partial charge in [0.2, 0.25) is 0 Å². The Morgan fingerprint density at radius 2 is 1.84 bits per heavy atom. The molecule has 5 rings (SSSR count). The molecular formula is C24H18FN5O. The fraction of sp³-hybridized carbons (Fsp3) is 0.0417. The Kier molecular flexibility index (Phi) is 4.76. The summed E-state index contributed by atoms with van der Waals surface area (Å²) in [5, 5.41) is 19.1. The molecule has 0 bridgehead atoms. The second-order valence-electron chi connectivity index (χ2n) is 7.13. The van der Waals surface area contributed by atoms with E-state index in [1.165, 1.54) is 12.1 Å². The summed E-state index contributed by atoms with van der Waals surface area (Å²) < 4.78 is 15.4. The highest BCUT2D eigenvalue weighted by Gasteiger charge is 2.19. The summed E-state index contributed by atoms with van der Waals surface area (Å²) in [4.78, 5) is 7.71.